The normalized spacial score (nSPS) is 11.3. The van der Waals surface area contributed by atoms with E-state index in [1.165, 1.54) is 11.8 Å². The van der Waals surface area contributed by atoms with Crippen molar-refractivity contribution in [1.29, 1.82) is 0 Å². The molecule has 0 radical (unpaired) electrons. The van der Waals surface area contributed by atoms with E-state index in [2.05, 4.69) is 9.71 Å². The van der Waals surface area contributed by atoms with E-state index < -0.39 is 10.0 Å². The van der Waals surface area contributed by atoms with Crippen LogP contribution in [0.1, 0.15) is 5.56 Å². The van der Waals surface area contributed by atoms with Crippen molar-refractivity contribution in [3.05, 3.63) is 48.2 Å². The van der Waals surface area contributed by atoms with Crippen molar-refractivity contribution in [3.8, 4) is 0 Å². The fourth-order valence-electron chi connectivity index (χ4n) is 1.66. The maximum atomic E-state index is 12.0. The van der Waals surface area contributed by atoms with Gasteiger partial charge < -0.3 is 5.73 Å². The Morgan fingerprint density at radius 3 is 2.81 bits per heavy atom. The van der Waals surface area contributed by atoms with Crippen LogP contribution in [0.4, 0.5) is 11.5 Å². The lowest BCUT2D eigenvalue weighted by Crippen LogP contribution is -2.19. The van der Waals surface area contributed by atoms with E-state index in [0.717, 1.165) is 10.5 Å². The number of rotatable bonds is 6. The smallest absolute Gasteiger partial charge is 0.234 e. The Labute approximate surface area is 129 Å². The van der Waals surface area contributed by atoms with Gasteiger partial charge in [0, 0.05) is 22.5 Å². The van der Waals surface area contributed by atoms with Crippen LogP contribution in [0.15, 0.2) is 47.5 Å². The first kappa shape index (κ1) is 15.7. The third kappa shape index (κ3) is 4.95. The predicted octanol–water partition coefficient (Wildman–Crippen LogP) is 2.51. The number of hydrogen-bond acceptors (Lipinski definition) is 5. The molecular formula is C14H17N3O2S2. The molecule has 3 N–H and O–H groups in total. The molecule has 5 nitrogen and oxygen atoms in total. The summed E-state index contributed by atoms with van der Waals surface area (Å²) in [6.45, 7) is 1.81. The molecule has 0 atom stereocenters. The van der Waals surface area contributed by atoms with E-state index in [-0.39, 0.29) is 5.75 Å². The Morgan fingerprint density at radius 1 is 1.29 bits per heavy atom. The maximum Gasteiger partial charge on any atom is 0.234 e. The van der Waals surface area contributed by atoms with Crippen molar-refractivity contribution in [2.24, 2.45) is 0 Å². The maximum absolute atomic E-state index is 12.0. The molecule has 112 valence electrons. The first-order chi connectivity index (χ1) is 9.96. The highest BCUT2D eigenvalue weighted by atomic mass is 32.2. The van der Waals surface area contributed by atoms with Crippen LogP contribution < -0.4 is 10.5 Å². The number of nitrogen functional groups attached to an aromatic ring is 1. The summed E-state index contributed by atoms with van der Waals surface area (Å²) in [4.78, 5) is 4.99. The number of aromatic nitrogens is 1. The molecule has 0 amide bonds. The monoisotopic (exact) mass is 323 g/mol. The van der Waals surface area contributed by atoms with Gasteiger partial charge in [-0.25, -0.2) is 13.4 Å². The molecule has 2 rings (SSSR count). The molecule has 0 fully saturated rings. The molecule has 1 aromatic heterocycles. The number of pyridine rings is 1. The van der Waals surface area contributed by atoms with Crippen LogP contribution in [-0.4, -0.2) is 24.9 Å². The zero-order valence-electron chi connectivity index (χ0n) is 11.6. The van der Waals surface area contributed by atoms with Crippen LogP contribution in [-0.2, 0) is 10.0 Å². The van der Waals surface area contributed by atoms with E-state index >= 15 is 0 Å². The van der Waals surface area contributed by atoms with Gasteiger partial charge in [-0.15, -0.1) is 11.8 Å². The molecule has 21 heavy (non-hydrogen) atoms. The van der Waals surface area contributed by atoms with Crippen molar-refractivity contribution >= 4 is 33.3 Å². The van der Waals surface area contributed by atoms with Gasteiger partial charge in [-0.3, -0.25) is 4.72 Å². The third-order valence-corrected chi connectivity index (χ3v) is 5.24. The molecular weight excluding hydrogens is 306 g/mol. The number of aryl methyl sites for hydroxylation is 1. The highest BCUT2D eigenvalue weighted by Gasteiger charge is 2.12. The summed E-state index contributed by atoms with van der Waals surface area (Å²) in [5.74, 6) is 0.846. The number of nitrogens with zero attached hydrogens (tertiary/aromatic N) is 1. The highest BCUT2D eigenvalue weighted by molar-refractivity contribution is 8.01. The molecule has 2 aromatic rings. The minimum atomic E-state index is -3.40. The number of anilines is 2. The standard InChI is InChI=1S/C14H17N3O2S2/c1-11-4-3-7-16-14(11)17-21(18,19)9-8-20-13-6-2-5-12(15)10-13/h2-7,10H,8-9,15H2,1H3,(H,16,17). The Bertz CT molecular complexity index is 718. The van der Waals surface area contributed by atoms with Gasteiger partial charge in [0.1, 0.15) is 5.82 Å². The SMILES string of the molecule is Cc1cccnc1NS(=O)(=O)CCSc1cccc(N)c1. The lowest BCUT2D eigenvalue weighted by Gasteiger charge is -2.09. The molecule has 0 aliphatic carbocycles. The van der Waals surface area contributed by atoms with Crippen molar-refractivity contribution < 1.29 is 8.42 Å². The second-order valence-electron chi connectivity index (χ2n) is 4.51. The van der Waals surface area contributed by atoms with Crippen molar-refractivity contribution in [2.45, 2.75) is 11.8 Å². The number of hydrogen-bond donors (Lipinski definition) is 2. The predicted molar refractivity (Wildman–Crippen MR) is 88.0 cm³/mol. The Morgan fingerprint density at radius 2 is 2.10 bits per heavy atom. The zero-order valence-corrected chi connectivity index (χ0v) is 13.2. The minimum absolute atomic E-state index is 0.0163. The summed E-state index contributed by atoms with van der Waals surface area (Å²) in [7, 11) is -3.40. The van der Waals surface area contributed by atoms with Gasteiger partial charge in [0.15, 0.2) is 0 Å². The number of nitrogens with two attached hydrogens (primary N) is 1. The van der Waals surface area contributed by atoms with E-state index in [1.54, 1.807) is 18.3 Å². The fourth-order valence-corrected chi connectivity index (χ4v) is 4.12. The van der Waals surface area contributed by atoms with E-state index in [1.807, 2.05) is 31.2 Å². The van der Waals surface area contributed by atoms with E-state index in [4.69, 9.17) is 5.73 Å². The lowest BCUT2D eigenvalue weighted by molar-refractivity contribution is 0.602. The number of thioether (sulfide) groups is 1. The molecule has 0 saturated carbocycles. The average Bonchev–Trinajstić information content (AvgIpc) is 2.41. The molecule has 0 unspecified atom stereocenters. The van der Waals surface area contributed by atoms with Gasteiger partial charge in [-0.2, -0.15) is 0 Å². The third-order valence-electron chi connectivity index (χ3n) is 2.74. The summed E-state index contributed by atoms with van der Waals surface area (Å²) in [6, 6.07) is 11.0. The molecule has 1 aromatic carbocycles. The summed E-state index contributed by atoms with van der Waals surface area (Å²) in [5, 5.41) is 0. The molecule has 0 aliphatic heterocycles. The van der Waals surface area contributed by atoms with Crippen LogP contribution >= 0.6 is 11.8 Å². The second kappa shape index (κ2) is 6.82. The molecule has 0 spiro atoms. The van der Waals surface area contributed by atoms with Gasteiger partial charge >= 0.3 is 0 Å². The number of benzene rings is 1. The Balaban J connectivity index is 1.91. The second-order valence-corrected chi connectivity index (χ2v) is 7.52. The topological polar surface area (TPSA) is 85.1 Å². The van der Waals surface area contributed by atoms with Crippen LogP contribution in [0.5, 0.6) is 0 Å². The molecule has 0 saturated heterocycles. The Hall–Kier alpha value is -1.73. The van der Waals surface area contributed by atoms with Gasteiger partial charge in [0.2, 0.25) is 10.0 Å². The van der Waals surface area contributed by atoms with Crippen molar-refractivity contribution in [1.82, 2.24) is 4.98 Å². The van der Waals surface area contributed by atoms with Crippen LogP contribution in [0.3, 0.4) is 0 Å². The quantitative estimate of drug-likeness (QED) is 0.630. The zero-order chi connectivity index (χ0) is 15.3. The number of sulfonamides is 1. The number of nitrogens with one attached hydrogen (secondary N) is 1. The molecule has 0 aliphatic rings. The van der Waals surface area contributed by atoms with Gasteiger partial charge in [-0.05, 0) is 36.8 Å². The summed E-state index contributed by atoms with van der Waals surface area (Å²) in [5.41, 5.74) is 7.15. The fraction of sp³-hybridized carbons (Fsp3) is 0.214. The minimum Gasteiger partial charge on any atom is -0.399 e. The molecule has 1 heterocycles. The first-order valence-corrected chi connectivity index (χ1v) is 9.00. The van der Waals surface area contributed by atoms with Gasteiger partial charge in [0.25, 0.3) is 0 Å². The van der Waals surface area contributed by atoms with E-state index in [9.17, 15) is 8.42 Å². The van der Waals surface area contributed by atoms with Crippen molar-refractivity contribution in [2.75, 3.05) is 22.0 Å². The highest BCUT2D eigenvalue weighted by Crippen LogP contribution is 2.20. The largest absolute Gasteiger partial charge is 0.399 e. The van der Waals surface area contributed by atoms with Crippen LogP contribution in [0.2, 0.25) is 0 Å². The average molecular weight is 323 g/mol. The summed E-state index contributed by atoms with van der Waals surface area (Å²) in [6.07, 6.45) is 1.56. The molecule has 7 heteroatoms. The lowest BCUT2D eigenvalue weighted by atomic mass is 10.3. The summed E-state index contributed by atoms with van der Waals surface area (Å²) < 4.78 is 26.5. The Kier molecular flexibility index (Phi) is 5.08. The van der Waals surface area contributed by atoms with Crippen LogP contribution in [0.25, 0.3) is 0 Å². The first-order valence-electron chi connectivity index (χ1n) is 6.37. The van der Waals surface area contributed by atoms with Crippen molar-refractivity contribution in [3.63, 3.8) is 0 Å². The molecule has 0 bridgehead atoms. The van der Waals surface area contributed by atoms with Gasteiger partial charge in [-0.1, -0.05) is 12.1 Å². The van der Waals surface area contributed by atoms with E-state index in [0.29, 0.717) is 17.3 Å². The summed E-state index contributed by atoms with van der Waals surface area (Å²) >= 11 is 1.46. The van der Waals surface area contributed by atoms with Gasteiger partial charge in [0.05, 0.1) is 5.75 Å². The van der Waals surface area contributed by atoms with Crippen LogP contribution in [0, 0.1) is 6.92 Å².